The van der Waals surface area contributed by atoms with Crippen LogP contribution in [-0.4, -0.2) is 0 Å². The molecule has 1 aliphatic carbocycles. The summed E-state index contributed by atoms with van der Waals surface area (Å²) in [5.41, 5.74) is 10.8. The molecule has 1 atom stereocenters. The van der Waals surface area contributed by atoms with E-state index in [-0.39, 0.29) is 18.0 Å². The zero-order valence-electron chi connectivity index (χ0n) is 33.1. The molecular formula is C51H57Cl3CoN2+. The Bertz CT molecular complexity index is 1920. The topological polar surface area (TPSA) is 15.9 Å². The van der Waals surface area contributed by atoms with Crippen molar-refractivity contribution >= 4 is 36.1 Å². The van der Waals surface area contributed by atoms with Crippen LogP contribution in [0.1, 0.15) is 140 Å². The number of halogens is 3. The van der Waals surface area contributed by atoms with Gasteiger partial charge in [-0.2, -0.15) is 4.57 Å². The van der Waals surface area contributed by atoms with E-state index in [1.54, 1.807) is 0 Å². The number of nitrogens with one attached hydrogen (secondary N) is 1. The molecule has 1 aromatic heterocycles. The quantitative estimate of drug-likeness (QED) is 0.107. The molecule has 1 unspecified atom stereocenters. The molecule has 0 bridgehead atoms. The Hall–Kier alpha value is -3.57. The number of aromatic nitrogens is 1. The molecule has 1 heterocycles. The van der Waals surface area contributed by atoms with Crippen LogP contribution >= 0.6 is 30.4 Å². The molecule has 0 saturated heterocycles. The van der Waals surface area contributed by atoms with Gasteiger partial charge in [0, 0.05) is 36.6 Å². The fourth-order valence-corrected chi connectivity index (χ4v) is 8.73. The number of hydrogen-bond donors (Lipinski definition) is 1. The van der Waals surface area contributed by atoms with Gasteiger partial charge in [-0.3, -0.25) is 0 Å². The van der Waals surface area contributed by atoms with Crippen LogP contribution in [0.5, 0.6) is 0 Å². The van der Waals surface area contributed by atoms with Crippen molar-refractivity contribution in [2.24, 2.45) is 0 Å². The molecule has 0 radical (unpaired) electrons. The predicted molar refractivity (Wildman–Crippen MR) is 240 cm³/mol. The summed E-state index contributed by atoms with van der Waals surface area (Å²) < 4.78 is 2.30. The minimum absolute atomic E-state index is 0.0602. The Kier molecular flexibility index (Phi) is 17.5. The molecule has 6 heteroatoms. The van der Waals surface area contributed by atoms with E-state index < -0.39 is 10.9 Å². The molecule has 0 aliphatic heterocycles. The van der Waals surface area contributed by atoms with Crippen LogP contribution in [0.25, 0.3) is 0 Å². The van der Waals surface area contributed by atoms with Crippen LogP contribution in [0.3, 0.4) is 0 Å². The number of rotatable bonds is 10. The summed E-state index contributed by atoms with van der Waals surface area (Å²) >= 11 is 0. The normalized spacial score (nSPS) is 15.1. The third kappa shape index (κ3) is 12.7. The van der Waals surface area contributed by atoms with Gasteiger partial charge in [0.15, 0.2) is 12.4 Å². The van der Waals surface area contributed by atoms with Gasteiger partial charge in [-0.25, -0.2) is 0 Å². The van der Waals surface area contributed by atoms with Gasteiger partial charge in [0.2, 0.25) is 6.17 Å². The standard InChI is InChI=1S/C51H57N2.3ClH.Co/c1-40(53-36-24-13-25-37-53)52-51-47(41-26-14-7-5-3-2-4-6-8-15-27-41)38-46(49(42-28-16-9-17-29-42)43-30-18-10-19-31-43)39-48(51)50(44-32-20-11-21-33-44)45-34-22-12-23-35-45;;;;/h9-13,16-25,28-41,49-50,52H,2-8,14-15,26-27H2,1H3;3*1H;/q+1;;;;+3/p-3. The first kappa shape index (κ1) is 43.0. The molecule has 7 rings (SSSR count). The van der Waals surface area contributed by atoms with Crippen molar-refractivity contribution in [3.05, 3.63) is 203 Å². The van der Waals surface area contributed by atoms with Gasteiger partial charge < -0.3 is 5.32 Å². The molecule has 0 amide bonds. The fourth-order valence-electron chi connectivity index (χ4n) is 8.73. The van der Waals surface area contributed by atoms with Crippen molar-refractivity contribution in [3.63, 3.8) is 0 Å². The van der Waals surface area contributed by atoms with Gasteiger partial charge in [-0.05, 0) is 57.7 Å². The molecular weight excluding hydrogens is 806 g/mol. The predicted octanol–water partition coefficient (Wildman–Crippen LogP) is 15.4. The number of nitrogens with zero attached hydrogens (tertiary/aromatic N) is 1. The molecule has 5 aromatic carbocycles. The van der Waals surface area contributed by atoms with Crippen LogP contribution in [0.15, 0.2) is 164 Å². The summed E-state index contributed by atoms with van der Waals surface area (Å²) in [6.07, 6.45) is 19.0. The molecule has 300 valence electrons. The Labute approximate surface area is 359 Å². The van der Waals surface area contributed by atoms with E-state index in [1.807, 2.05) is 0 Å². The van der Waals surface area contributed by atoms with Crippen molar-refractivity contribution in [2.45, 2.75) is 101 Å². The van der Waals surface area contributed by atoms with Gasteiger partial charge in [0.05, 0.1) is 0 Å². The first-order valence-electron chi connectivity index (χ1n) is 20.7. The third-order valence-electron chi connectivity index (χ3n) is 11.5. The van der Waals surface area contributed by atoms with Crippen molar-refractivity contribution in [1.82, 2.24) is 0 Å². The molecule has 1 fully saturated rings. The minimum atomic E-state index is -1.19. The monoisotopic (exact) mass is 861 g/mol. The Balaban J connectivity index is 0.00000131. The van der Waals surface area contributed by atoms with E-state index in [4.69, 9.17) is 30.4 Å². The summed E-state index contributed by atoms with van der Waals surface area (Å²) in [7, 11) is 13.4. The van der Waals surface area contributed by atoms with Crippen LogP contribution in [0.4, 0.5) is 5.69 Å². The van der Waals surface area contributed by atoms with Gasteiger partial charge in [0.25, 0.3) is 0 Å². The molecule has 1 aliphatic rings. The van der Waals surface area contributed by atoms with E-state index in [1.165, 1.54) is 115 Å². The first-order chi connectivity index (χ1) is 28.0. The summed E-state index contributed by atoms with van der Waals surface area (Å²) in [4.78, 5) is 0. The zero-order chi connectivity index (χ0) is 39.7. The summed E-state index contributed by atoms with van der Waals surface area (Å²) in [5.74, 6) is 0.649. The Morgan fingerprint density at radius 2 is 0.860 bits per heavy atom. The molecule has 57 heavy (non-hydrogen) atoms. The number of hydrogen-bond acceptors (Lipinski definition) is 1. The fraction of sp³-hybridized carbons (Fsp3) is 0.314. The molecule has 6 aromatic rings. The second kappa shape index (κ2) is 23.1. The van der Waals surface area contributed by atoms with Crippen LogP contribution in [-0.2, 0) is 10.9 Å². The first-order valence-corrected chi connectivity index (χ1v) is 25.0. The summed E-state index contributed by atoms with van der Waals surface area (Å²) in [6.45, 7) is 2.30. The van der Waals surface area contributed by atoms with E-state index in [2.05, 4.69) is 181 Å². The van der Waals surface area contributed by atoms with Gasteiger partial charge >= 0.3 is 41.4 Å². The average molecular weight is 863 g/mol. The second-order valence-electron chi connectivity index (χ2n) is 15.3. The zero-order valence-corrected chi connectivity index (χ0v) is 36.4. The van der Waals surface area contributed by atoms with Crippen molar-refractivity contribution in [1.29, 1.82) is 0 Å². The molecule has 2 nitrogen and oxygen atoms in total. The van der Waals surface area contributed by atoms with Crippen LogP contribution in [0, 0.1) is 0 Å². The maximum atomic E-state index is 4.87. The van der Waals surface area contributed by atoms with Gasteiger partial charge in [-0.1, -0.05) is 197 Å². The number of pyridine rings is 1. The van der Waals surface area contributed by atoms with E-state index in [0.717, 1.165) is 0 Å². The molecule has 0 spiro atoms. The van der Waals surface area contributed by atoms with Crippen LogP contribution < -0.4 is 9.88 Å². The molecule has 1 N–H and O–H groups in total. The van der Waals surface area contributed by atoms with Crippen molar-refractivity contribution in [3.8, 4) is 0 Å². The summed E-state index contributed by atoms with van der Waals surface area (Å²) in [6, 6.07) is 56.3. The third-order valence-corrected chi connectivity index (χ3v) is 11.5. The van der Waals surface area contributed by atoms with Crippen LogP contribution in [0.2, 0.25) is 0 Å². The SMILES string of the molecule is CC(Nc1c(C2CCCCCCCCCCC2)cc(C(c2ccccc2)c2ccccc2)cc1C(c1ccccc1)c1ccccc1)[n+]1ccccc1.[Cl][Co]([Cl])[Cl]. The molecule has 1 saturated carbocycles. The van der Waals surface area contributed by atoms with E-state index >= 15 is 0 Å². The van der Waals surface area contributed by atoms with E-state index in [9.17, 15) is 0 Å². The number of anilines is 1. The van der Waals surface area contributed by atoms with E-state index in [0.29, 0.717) is 5.92 Å². The maximum absolute atomic E-state index is 4.87. The number of benzene rings is 5. The average Bonchev–Trinajstić information content (AvgIpc) is 3.24. The summed E-state index contributed by atoms with van der Waals surface area (Å²) in [5, 5.41) is 4.21. The van der Waals surface area contributed by atoms with Crippen molar-refractivity contribution in [2.75, 3.05) is 5.32 Å². The second-order valence-corrected chi connectivity index (χ2v) is 20.5. The van der Waals surface area contributed by atoms with Gasteiger partial charge in [-0.15, -0.1) is 0 Å². The van der Waals surface area contributed by atoms with Gasteiger partial charge in [0.1, 0.15) is 0 Å². The Morgan fingerprint density at radius 1 is 0.491 bits per heavy atom. The van der Waals surface area contributed by atoms with Crippen molar-refractivity contribution < 1.29 is 15.5 Å². The Morgan fingerprint density at radius 3 is 1.28 bits per heavy atom.